The van der Waals surface area contributed by atoms with Crippen LogP contribution in [0.1, 0.15) is 60.3 Å². The number of carbonyl (C=O) groups excluding carboxylic acids is 2. The van der Waals surface area contributed by atoms with Crippen molar-refractivity contribution in [3.63, 3.8) is 0 Å². The van der Waals surface area contributed by atoms with Gasteiger partial charge >= 0.3 is 0 Å². The van der Waals surface area contributed by atoms with E-state index in [1.165, 1.54) is 11.8 Å². The number of hydrogen-bond acceptors (Lipinski definition) is 9. The predicted molar refractivity (Wildman–Crippen MR) is 214 cm³/mol. The molecule has 1 aliphatic rings. The van der Waals surface area contributed by atoms with Crippen LogP contribution in [0.25, 0.3) is 33.7 Å². The number of nitrogens with one attached hydrogen (secondary N) is 2. The molecule has 1 fully saturated rings. The van der Waals surface area contributed by atoms with E-state index in [4.69, 9.17) is 24.1 Å². The summed E-state index contributed by atoms with van der Waals surface area (Å²) >= 11 is 1.52. The summed E-state index contributed by atoms with van der Waals surface area (Å²) in [6.45, 7) is 0.329. The third kappa shape index (κ3) is 9.99. The van der Waals surface area contributed by atoms with Crippen LogP contribution in [-0.4, -0.2) is 39.0 Å². The van der Waals surface area contributed by atoms with Crippen molar-refractivity contribution in [2.45, 2.75) is 62.6 Å². The fourth-order valence-corrected chi connectivity index (χ4v) is 7.42. The van der Waals surface area contributed by atoms with Gasteiger partial charge in [0.2, 0.25) is 11.8 Å². The lowest BCUT2D eigenvalue weighted by Gasteiger charge is -2.36. The second-order valence-corrected chi connectivity index (χ2v) is 14.5. The predicted octanol–water partition coefficient (Wildman–Crippen LogP) is 8.80. The summed E-state index contributed by atoms with van der Waals surface area (Å²) in [7, 11) is 0. The highest BCUT2D eigenvalue weighted by Crippen LogP contribution is 2.41. The van der Waals surface area contributed by atoms with Crippen LogP contribution in [0.2, 0.25) is 0 Å². The summed E-state index contributed by atoms with van der Waals surface area (Å²) in [4.78, 5) is 28.4. The second kappa shape index (κ2) is 18.9. The molecular weight excluding hydrogens is 727 g/mol. The zero-order valence-electron chi connectivity index (χ0n) is 30.7. The van der Waals surface area contributed by atoms with E-state index in [1.807, 2.05) is 133 Å². The average molecular weight is 770 g/mol. The van der Waals surface area contributed by atoms with Gasteiger partial charge in [0, 0.05) is 48.3 Å². The number of rotatable bonds is 15. The van der Waals surface area contributed by atoms with Gasteiger partial charge in [-0.2, -0.15) is 0 Å². The fourth-order valence-electron chi connectivity index (χ4n) is 6.57. The first-order chi connectivity index (χ1) is 27.4. The molecule has 6 aromatic rings. The van der Waals surface area contributed by atoms with Crippen LogP contribution in [0.4, 0.5) is 0 Å². The van der Waals surface area contributed by atoms with E-state index in [0.717, 1.165) is 56.0 Å². The molecule has 1 saturated heterocycles. The van der Waals surface area contributed by atoms with Gasteiger partial charge in [0.05, 0.1) is 18.8 Å². The number of amides is 2. The Morgan fingerprint density at radius 2 is 1.39 bits per heavy atom. The third-order valence-electron chi connectivity index (χ3n) is 9.56. The molecule has 0 bridgehead atoms. The highest BCUT2D eigenvalue weighted by atomic mass is 32.2. The highest BCUT2D eigenvalue weighted by molar-refractivity contribution is 7.99. The number of aromatic nitrogens is 1. The first-order valence-electron chi connectivity index (χ1n) is 18.6. The van der Waals surface area contributed by atoms with Crippen molar-refractivity contribution >= 4 is 23.6 Å². The van der Waals surface area contributed by atoms with Gasteiger partial charge in [-0.15, -0.1) is 0 Å². The molecule has 0 aliphatic carbocycles. The molecule has 4 N–H and O–H groups in total. The van der Waals surface area contributed by atoms with Crippen molar-refractivity contribution in [1.82, 2.24) is 15.8 Å². The van der Waals surface area contributed by atoms with E-state index in [2.05, 4.69) is 5.32 Å². The van der Waals surface area contributed by atoms with Gasteiger partial charge in [-0.1, -0.05) is 139 Å². The fraction of sp³-hybridized carbons (Fsp3) is 0.222. The molecule has 0 spiro atoms. The van der Waals surface area contributed by atoms with E-state index in [-0.39, 0.29) is 37.6 Å². The number of aliphatic hydroxyl groups excluding tert-OH is 1. The first-order valence-corrected chi connectivity index (χ1v) is 19.6. The summed E-state index contributed by atoms with van der Waals surface area (Å²) < 4.78 is 19.7. The van der Waals surface area contributed by atoms with Crippen molar-refractivity contribution in [1.29, 1.82) is 0 Å². The Hall–Kier alpha value is -5.56. The maximum Gasteiger partial charge on any atom is 0.256 e. The SMILES string of the molecule is O=C(CCCC(=O)NCc1cccc(-c2ccc([C@H]3O[C@@H](CSc4nc(-c5ccccc5)c(-c5ccccc5)o4)C[C@@H](c4ccc(CO)cc4)O3)cc2)c1)NO. The van der Waals surface area contributed by atoms with Gasteiger partial charge in [-0.3, -0.25) is 14.8 Å². The van der Waals surface area contributed by atoms with E-state index >= 15 is 0 Å². The standard InChI is InChI=1S/C45H43N3O7S/c49-28-30-17-19-33(20-18-30)39-26-38(29-56-45-47-42(34-10-3-1-4-11-34)43(55-45)35-12-5-2-6-13-35)53-44(54-39)36-23-21-32(22-24-36)37-14-7-9-31(25-37)27-46-40(50)15-8-16-41(51)48-52/h1-7,9-14,17-25,38-39,44,49,52H,8,15-16,26-29H2,(H,46,50)(H,48,51)/t38-,39+,44+/m1/s1. The van der Waals surface area contributed by atoms with E-state index < -0.39 is 12.2 Å². The molecule has 11 heteroatoms. The van der Waals surface area contributed by atoms with Crippen molar-refractivity contribution in [3.8, 4) is 33.7 Å². The van der Waals surface area contributed by atoms with Crippen LogP contribution >= 0.6 is 11.8 Å². The topological polar surface area (TPSA) is 143 Å². The maximum absolute atomic E-state index is 12.3. The minimum absolute atomic E-state index is 0.0276. The number of oxazole rings is 1. The van der Waals surface area contributed by atoms with Crippen LogP contribution in [0.5, 0.6) is 0 Å². The molecule has 0 radical (unpaired) electrons. The molecule has 56 heavy (non-hydrogen) atoms. The molecule has 7 rings (SSSR count). The normalized spacial score (nSPS) is 16.6. The number of hydroxylamine groups is 1. The van der Waals surface area contributed by atoms with Crippen LogP contribution in [-0.2, 0) is 32.2 Å². The minimum atomic E-state index is -0.625. The summed E-state index contributed by atoms with van der Waals surface area (Å²) in [6, 6.07) is 44.0. The van der Waals surface area contributed by atoms with Gasteiger partial charge in [0.15, 0.2) is 12.1 Å². The van der Waals surface area contributed by atoms with Crippen LogP contribution in [0.15, 0.2) is 143 Å². The Labute approximate surface area is 329 Å². The molecule has 5 aromatic carbocycles. The van der Waals surface area contributed by atoms with E-state index in [1.54, 1.807) is 5.48 Å². The van der Waals surface area contributed by atoms with Gasteiger partial charge in [-0.05, 0) is 40.3 Å². The molecule has 2 amide bonds. The molecule has 0 unspecified atom stereocenters. The van der Waals surface area contributed by atoms with Crippen LogP contribution < -0.4 is 10.8 Å². The Bertz CT molecular complexity index is 2140. The number of ether oxygens (including phenoxy) is 2. The number of thioether (sulfide) groups is 1. The van der Waals surface area contributed by atoms with Crippen LogP contribution in [0, 0.1) is 0 Å². The molecule has 286 valence electrons. The molecule has 1 aromatic heterocycles. The Balaban J connectivity index is 1.05. The zero-order valence-corrected chi connectivity index (χ0v) is 31.5. The van der Waals surface area contributed by atoms with Crippen molar-refractivity contribution in [2.24, 2.45) is 0 Å². The van der Waals surface area contributed by atoms with Crippen molar-refractivity contribution < 1.29 is 33.8 Å². The van der Waals surface area contributed by atoms with Gasteiger partial charge < -0.3 is 24.3 Å². The lowest BCUT2D eigenvalue weighted by Crippen LogP contribution is -2.31. The Morgan fingerprint density at radius 3 is 2.11 bits per heavy atom. The molecule has 3 atom stereocenters. The quantitative estimate of drug-likeness (QED) is 0.0458. The van der Waals surface area contributed by atoms with Gasteiger partial charge in [-0.25, -0.2) is 10.5 Å². The number of aliphatic hydroxyl groups is 1. The second-order valence-electron chi connectivity index (χ2n) is 13.5. The summed E-state index contributed by atoms with van der Waals surface area (Å²) in [6.07, 6.45) is 0.194. The Kier molecular flexibility index (Phi) is 13.0. The molecule has 10 nitrogen and oxygen atoms in total. The molecular formula is C45H43N3O7S. The van der Waals surface area contributed by atoms with Crippen LogP contribution in [0.3, 0.4) is 0 Å². The third-order valence-corrected chi connectivity index (χ3v) is 10.5. The minimum Gasteiger partial charge on any atom is -0.431 e. The van der Waals surface area contributed by atoms with Gasteiger partial charge in [0.25, 0.3) is 5.22 Å². The lowest BCUT2D eigenvalue weighted by atomic mass is 9.99. The smallest absolute Gasteiger partial charge is 0.256 e. The summed E-state index contributed by atoms with van der Waals surface area (Å²) in [5, 5.41) is 21.7. The molecule has 2 heterocycles. The van der Waals surface area contributed by atoms with Crippen molar-refractivity contribution in [3.05, 3.63) is 156 Å². The van der Waals surface area contributed by atoms with E-state index in [0.29, 0.717) is 30.4 Å². The molecule has 1 aliphatic heterocycles. The summed E-state index contributed by atoms with van der Waals surface area (Å²) in [5.41, 5.74) is 9.99. The number of carbonyl (C=O) groups is 2. The largest absolute Gasteiger partial charge is 0.431 e. The Morgan fingerprint density at radius 1 is 0.714 bits per heavy atom. The maximum atomic E-state index is 12.3. The molecule has 0 saturated carbocycles. The monoisotopic (exact) mass is 769 g/mol. The van der Waals surface area contributed by atoms with Crippen molar-refractivity contribution in [2.75, 3.05) is 5.75 Å². The number of nitrogens with zero attached hydrogens (tertiary/aromatic N) is 1. The highest BCUT2D eigenvalue weighted by Gasteiger charge is 2.33. The first kappa shape index (κ1) is 38.7. The number of hydrogen-bond donors (Lipinski definition) is 4. The average Bonchev–Trinajstić information content (AvgIpc) is 3.70. The zero-order chi connectivity index (χ0) is 38.7. The number of benzene rings is 5. The lowest BCUT2D eigenvalue weighted by molar-refractivity contribution is -0.245. The van der Waals surface area contributed by atoms with E-state index in [9.17, 15) is 14.7 Å². The van der Waals surface area contributed by atoms with Gasteiger partial charge in [0.1, 0.15) is 5.69 Å². The summed E-state index contributed by atoms with van der Waals surface area (Å²) in [5.74, 6) is 0.646.